The molecule has 0 spiro atoms. The van der Waals surface area contributed by atoms with E-state index in [1.54, 1.807) is 32.4 Å². The number of hydrogen-bond donors (Lipinski definition) is 1. The molecule has 0 bridgehead atoms. The molecular weight excluding hydrogens is 416 g/mol. The van der Waals surface area contributed by atoms with Gasteiger partial charge in [-0.05, 0) is 61.7 Å². The van der Waals surface area contributed by atoms with Crippen molar-refractivity contribution in [2.24, 2.45) is 0 Å². The van der Waals surface area contributed by atoms with Gasteiger partial charge >= 0.3 is 0 Å². The summed E-state index contributed by atoms with van der Waals surface area (Å²) in [5.41, 5.74) is 5.23. The first-order valence-electron chi connectivity index (χ1n) is 10.6. The van der Waals surface area contributed by atoms with Crippen molar-refractivity contribution in [2.45, 2.75) is 20.8 Å². The van der Waals surface area contributed by atoms with Crippen LogP contribution in [0.1, 0.15) is 22.3 Å². The van der Waals surface area contributed by atoms with Crippen molar-refractivity contribution in [1.29, 1.82) is 0 Å². The van der Waals surface area contributed by atoms with E-state index in [4.69, 9.17) is 9.47 Å². The van der Waals surface area contributed by atoms with Crippen LogP contribution in [0.5, 0.6) is 11.5 Å². The Bertz CT molecular complexity index is 1260. The number of carbonyl (C=O) groups excluding carboxylic acids is 2. The fourth-order valence-electron chi connectivity index (χ4n) is 3.99. The molecule has 0 radical (unpaired) electrons. The van der Waals surface area contributed by atoms with Crippen molar-refractivity contribution in [3.63, 3.8) is 0 Å². The zero-order valence-electron chi connectivity index (χ0n) is 19.4. The number of carbonyl (C=O) groups is 2. The summed E-state index contributed by atoms with van der Waals surface area (Å²) in [6.45, 7) is 5.86. The summed E-state index contributed by atoms with van der Waals surface area (Å²) < 4.78 is 10.8. The van der Waals surface area contributed by atoms with Crippen LogP contribution < -0.4 is 19.7 Å². The van der Waals surface area contributed by atoms with Gasteiger partial charge in [-0.15, -0.1) is 0 Å². The Morgan fingerprint density at radius 1 is 0.727 bits per heavy atom. The van der Waals surface area contributed by atoms with Gasteiger partial charge in [0, 0.05) is 6.07 Å². The maximum atomic E-state index is 13.7. The third-order valence-corrected chi connectivity index (χ3v) is 5.56. The average molecular weight is 443 g/mol. The number of amides is 2. The molecule has 3 aromatic rings. The van der Waals surface area contributed by atoms with Gasteiger partial charge in [-0.1, -0.05) is 35.9 Å². The summed E-state index contributed by atoms with van der Waals surface area (Å²) in [6.07, 6.45) is 0. The SMILES string of the molecule is COc1ccc(OC)c(NC2=C(c3ccc(C)cc3)C(=O)N(c3cc(C)cc(C)c3)C2=O)c1. The molecule has 2 amide bonds. The average Bonchev–Trinajstić information content (AvgIpc) is 3.03. The van der Waals surface area contributed by atoms with Crippen LogP contribution in [0.25, 0.3) is 5.57 Å². The summed E-state index contributed by atoms with van der Waals surface area (Å²) in [6, 6.07) is 18.5. The van der Waals surface area contributed by atoms with Gasteiger partial charge in [0.15, 0.2) is 0 Å². The molecule has 33 heavy (non-hydrogen) atoms. The number of ether oxygens (including phenoxy) is 2. The Morgan fingerprint density at radius 3 is 2.00 bits per heavy atom. The van der Waals surface area contributed by atoms with Crippen LogP contribution in [0.15, 0.2) is 66.4 Å². The highest BCUT2D eigenvalue weighted by Gasteiger charge is 2.40. The van der Waals surface area contributed by atoms with Crippen molar-refractivity contribution >= 4 is 28.8 Å². The van der Waals surface area contributed by atoms with E-state index in [0.717, 1.165) is 16.7 Å². The lowest BCUT2D eigenvalue weighted by molar-refractivity contribution is -0.120. The lowest BCUT2D eigenvalue weighted by atomic mass is 10.0. The number of methoxy groups -OCH3 is 2. The number of imide groups is 1. The Hall–Kier alpha value is -4.06. The van der Waals surface area contributed by atoms with Crippen molar-refractivity contribution in [3.05, 3.63) is 88.6 Å². The van der Waals surface area contributed by atoms with E-state index in [-0.39, 0.29) is 11.6 Å². The molecule has 0 unspecified atom stereocenters. The smallest absolute Gasteiger partial charge is 0.282 e. The molecule has 0 saturated heterocycles. The molecule has 0 aromatic heterocycles. The first-order chi connectivity index (χ1) is 15.8. The van der Waals surface area contributed by atoms with Crippen LogP contribution in [0.3, 0.4) is 0 Å². The van der Waals surface area contributed by atoms with Crippen molar-refractivity contribution in [2.75, 3.05) is 24.4 Å². The number of rotatable bonds is 6. The van der Waals surface area contributed by atoms with E-state index in [0.29, 0.717) is 34.0 Å². The third kappa shape index (κ3) is 4.20. The Kier molecular flexibility index (Phi) is 5.92. The lowest BCUT2D eigenvalue weighted by Crippen LogP contribution is -2.32. The monoisotopic (exact) mass is 442 g/mol. The Labute approximate surface area is 193 Å². The Balaban J connectivity index is 1.87. The minimum absolute atomic E-state index is 0.189. The van der Waals surface area contributed by atoms with E-state index in [9.17, 15) is 9.59 Å². The predicted molar refractivity (Wildman–Crippen MR) is 130 cm³/mol. The summed E-state index contributed by atoms with van der Waals surface area (Å²) >= 11 is 0. The highest BCUT2D eigenvalue weighted by molar-refractivity contribution is 6.46. The molecule has 0 aliphatic carbocycles. The van der Waals surface area contributed by atoms with Gasteiger partial charge in [-0.2, -0.15) is 0 Å². The first kappa shape index (κ1) is 22.1. The molecule has 0 saturated carbocycles. The number of aryl methyl sites for hydroxylation is 3. The van der Waals surface area contributed by atoms with Crippen LogP contribution >= 0.6 is 0 Å². The molecule has 1 aliphatic heterocycles. The van der Waals surface area contributed by atoms with Gasteiger partial charge in [-0.3, -0.25) is 9.59 Å². The second-order valence-electron chi connectivity index (χ2n) is 8.10. The molecular formula is C27H26N2O4. The molecule has 4 rings (SSSR count). The number of nitrogens with zero attached hydrogens (tertiary/aromatic N) is 1. The van der Waals surface area contributed by atoms with Crippen LogP contribution in [0, 0.1) is 20.8 Å². The van der Waals surface area contributed by atoms with Crippen molar-refractivity contribution in [3.8, 4) is 11.5 Å². The van der Waals surface area contributed by atoms with Crippen LogP contribution in [-0.2, 0) is 9.59 Å². The van der Waals surface area contributed by atoms with Crippen LogP contribution in [-0.4, -0.2) is 26.0 Å². The van der Waals surface area contributed by atoms with Crippen LogP contribution in [0.2, 0.25) is 0 Å². The molecule has 168 valence electrons. The molecule has 0 fully saturated rings. The molecule has 1 N–H and O–H groups in total. The maximum absolute atomic E-state index is 13.7. The molecule has 0 atom stereocenters. The number of benzene rings is 3. The van der Waals surface area contributed by atoms with Gasteiger partial charge in [0.1, 0.15) is 17.2 Å². The van der Waals surface area contributed by atoms with Crippen molar-refractivity contribution < 1.29 is 19.1 Å². The van der Waals surface area contributed by atoms with Gasteiger partial charge in [0.05, 0.1) is 31.2 Å². The highest BCUT2D eigenvalue weighted by atomic mass is 16.5. The minimum Gasteiger partial charge on any atom is -0.497 e. The van der Waals surface area contributed by atoms with E-state index < -0.39 is 5.91 Å². The third-order valence-electron chi connectivity index (χ3n) is 5.56. The van der Waals surface area contributed by atoms with Gasteiger partial charge < -0.3 is 14.8 Å². The van der Waals surface area contributed by atoms with Gasteiger partial charge in [-0.25, -0.2) is 4.90 Å². The lowest BCUT2D eigenvalue weighted by Gasteiger charge is -2.17. The maximum Gasteiger partial charge on any atom is 0.282 e. The molecule has 1 aliphatic rings. The Morgan fingerprint density at radius 2 is 1.39 bits per heavy atom. The quantitative estimate of drug-likeness (QED) is 0.543. The van der Waals surface area contributed by atoms with E-state index >= 15 is 0 Å². The second-order valence-corrected chi connectivity index (χ2v) is 8.10. The standard InChI is InChI=1S/C27H26N2O4/c1-16-6-8-19(9-7-16)24-25(28-22-15-21(32-4)10-11-23(22)33-5)27(31)29(26(24)30)20-13-17(2)12-18(3)14-20/h6-15,28H,1-5H3. The molecule has 3 aromatic carbocycles. The normalized spacial score (nSPS) is 13.5. The van der Waals surface area contributed by atoms with Crippen LogP contribution in [0.4, 0.5) is 11.4 Å². The predicted octanol–water partition coefficient (Wildman–Crippen LogP) is 5.03. The van der Waals surface area contributed by atoms with E-state index in [2.05, 4.69) is 5.32 Å². The number of nitrogens with one attached hydrogen (secondary N) is 1. The summed E-state index contributed by atoms with van der Waals surface area (Å²) in [5, 5.41) is 3.17. The summed E-state index contributed by atoms with van der Waals surface area (Å²) in [4.78, 5) is 28.5. The van der Waals surface area contributed by atoms with Gasteiger partial charge in [0.25, 0.3) is 11.8 Å². The fraction of sp³-hybridized carbons (Fsp3) is 0.185. The molecule has 6 heteroatoms. The number of anilines is 2. The van der Waals surface area contributed by atoms with E-state index in [1.807, 2.05) is 63.2 Å². The zero-order chi connectivity index (χ0) is 23.7. The van der Waals surface area contributed by atoms with E-state index in [1.165, 1.54) is 4.90 Å². The molecule has 6 nitrogen and oxygen atoms in total. The first-order valence-corrected chi connectivity index (χ1v) is 10.6. The minimum atomic E-state index is -0.426. The zero-order valence-corrected chi connectivity index (χ0v) is 19.4. The summed E-state index contributed by atoms with van der Waals surface area (Å²) in [5.74, 6) is 0.319. The van der Waals surface area contributed by atoms with Gasteiger partial charge in [0.2, 0.25) is 0 Å². The highest BCUT2D eigenvalue weighted by Crippen LogP contribution is 2.37. The molecule has 1 heterocycles. The summed E-state index contributed by atoms with van der Waals surface area (Å²) in [7, 11) is 3.11. The van der Waals surface area contributed by atoms with Crippen molar-refractivity contribution in [1.82, 2.24) is 0 Å². The second kappa shape index (κ2) is 8.82. The topological polar surface area (TPSA) is 67.9 Å². The fourth-order valence-corrected chi connectivity index (χ4v) is 3.99. The largest absolute Gasteiger partial charge is 0.497 e. The number of hydrogen-bond acceptors (Lipinski definition) is 5.